The second-order valence-electron chi connectivity index (χ2n) is 2.66. The van der Waals surface area contributed by atoms with Crippen LogP contribution in [0, 0.1) is 0 Å². The summed E-state index contributed by atoms with van der Waals surface area (Å²) in [5.41, 5.74) is 7.50. The summed E-state index contributed by atoms with van der Waals surface area (Å²) < 4.78 is 6.28. The molecule has 0 atom stereocenters. The molecule has 0 saturated carbocycles. The van der Waals surface area contributed by atoms with Gasteiger partial charge in [-0.25, -0.2) is 4.98 Å². The zero-order valence-electron chi connectivity index (χ0n) is 7.28. The molecule has 0 fully saturated rings. The number of ether oxygens (including phenoxy) is 1. The molecule has 2 heterocycles. The summed E-state index contributed by atoms with van der Waals surface area (Å²) in [5.74, 6) is 0.633. The van der Waals surface area contributed by atoms with Crippen molar-refractivity contribution in [3.8, 4) is 5.88 Å². The Bertz CT molecular complexity index is 386. The van der Waals surface area contributed by atoms with Gasteiger partial charge in [0.05, 0.1) is 17.3 Å². The average Bonchev–Trinajstić information content (AvgIpc) is 2.62. The van der Waals surface area contributed by atoms with Gasteiger partial charge in [0.2, 0.25) is 5.88 Å². The molecule has 2 aromatic heterocycles. The Balaban J connectivity index is 2.67. The molecule has 0 amide bonds. The largest absolute Gasteiger partial charge is 0.481 e. The van der Waals surface area contributed by atoms with Crippen LogP contribution in [0.2, 0.25) is 0 Å². The van der Waals surface area contributed by atoms with Crippen molar-refractivity contribution in [2.45, 2.75) is 6.54 Å². The highest BCUT2D eigenvalue weighted by Gasteiger charge is 2.05. The van der Waals surface area contributed by atoms with Gasteiger partial charge in [0.1, 0.15) is 0 Å². The topological polar surface area (TPSA) is 48.1 Å². The van der Waals surface area contributed by atoms with Crippen LogP contribution in [0.4, 0.5) is 0 Å². The molecule has 0 radical (unpaired) electrons. The van der Waals surface area contributed by atoms with Gasteiger partial charge in [0.15, 0.2) is 0 Å². The molecule has 0 aliphatic carbocycles. The summed E-state index contributed by atoms with van der Waals surface area (Å²) in [7, 11) is 1.61. The standard InChI is InChI=1S/C9H10N2OS/c1-12-9-6(5-10)4-8-7(11-9)2-3-13-8/h2-4H,5,10H2,1H3. The molecule has 0 aromatic carbocycles. The molecule has 13 heavy (non-hydrogen) atoms. The van der Waals surface area contributed by atoms with Gasteiger partial charge in [-0.2, -0.15) is 0 Å². The van der Waals surface area contributed by atoms with Crippen LogP contribution in [0.1, 0.15) is 5.56 Å². The van der Waals surface area contributed by atoms with Crippen LogP contribution in [0.3, 0.4) is 0 Å². The number of hydrogen-bond acceptors (Lipinski definition) is 4. The second kappa shape index (κ2) is 3.32. The molecule has 4 heteroatoms. The van der Waals surface area contributed by atoms with Crippen LogP contribution in [-0.2, 0) is 6.54 Å². The van der Waals surface area contributed by atoms with E-state index in [-0.39, 0.29) is 0 Å². The first-order valence-corrected chi connectivity index (χ1v) is 4.84. The number of methoxy groups -OCH3 is 1. The molecule has 0 unspecified atom stereocenters. The van der Waals surface area contributed by atoms with Crippen molar-refractivity contribution in [1.82, 2.24) is 4.98 Å². The van der Waals surface area contributed by atoms with E-state index in [2.05, 4.69) is 4.98 Å². The maximum absolute atomic E-state index is 5.57. The minimum Gasteiger partial charge on any atom is -0.481 e. The fourth-order valence-corrected chi connectivity index (χ4v) is 2.03. The zero-order valence-corrected chi connectivity index (χ0v) is 8.10. The van der Waals surface area contributed by atoms with Crippen molar-refractivity contribution in [3.63, 3.8) is 0 Å². The molecule has 0 saturated heterocycles. The van der Waals surface area contributed by atoms with Crippen LogP contribution in [-0.4, -0.2) is 12.1 Å². The molecule has 0 aliphatic heterocycles. The Morgan fingerprint density at radius 1 is 1.62 bits per heavy atom. The first kappa shape index (κ1) is 8.47. The highest BCUT2D eigenvalue weighted by atomic mass is 32.1. The molecule has 2 aromatic rings. The first-order valence-electron chi connectivity index (χ1n) is 3.96. The van der Waals surface area contributed by atoms with Crippen LogP contribution in [0.15, 0.2) is 17.5 Å². The van der Waals surface area contributed by atoms with Crippen molar-refractivity contribution in [2.75, 3.05) is 7.11 Å². The normalized spacial score (nSPS) is 10.6. The molecule has 3 nitrogen and oxygen atoms in total. The third-order valence-corrected chi connectivity index (χ3v) is 2.74. The summed E-state index contributed by atoms with van der Waals surface area (Å²) in [6.07, 6.45) is 0. The lowest BCUT2D eigenvalue weighted by Gasteiger charge is -2.04. The summed E-state index contributed by atoms with van der Waals surface area (Å²) in [4.78, 5) is 4.33. The Kier molecular flexibility index (Phi) is 2.16. The predicted molar refractivity (Wildman–Crippen MR) is 54.1 cm³/mol. The van der Waals surface area contributed by atoms with Crippen LogP contribution < -0.4 is 10.5 Å². The molecule has 2 rings (SSSR count). The monoisotopic (exact) mass is 194 g/mol. The summed E-state index contributed by atoms with van der Waals surface area (Å²) >= 11 is 1.66. The predicted octanol–water partition coefficient (Wildman–Crippen LogP) is 1.76. The molecule has 0 spiro atoms. The highest BCUT2D eigenvalue weighted by Crippen LogP contribution is 2.25. The van der Waals surface area contributed by atoms with E-state index in [1.54, 1.807) is 18.4 Å². The van der Waals surface area contributed by atoms with Crippen molar-refractivity contribution in [3.05, 3.63) is 23.1 Å². The van der Waals surface area contributed by atoms with E-state index in [4.69, 9.17) is 10.5 Å². The van der Waals surface area contributed by atoms with E-state index >= 15 is 0 Å². The van der Waals surface area contributed by atoms with Crippen molar-refractivity contribution >= 4 is 21.6 Å². The van der Waals surface area contributed by atoms with E-state index < -0.39 is 0 Å². The molecule has 68 valence electrons. The Labute approximate surface area is 80.2 Å². The van der Waals surface area contributed by atoms with E-state index in [9.17, 15) is 0 Å². The number of fused-ring (bicyclic) bond motifs is 1. The maximum atomic E-state index is 5.57. The van der Waals surface area contributed by atoms with Crippen LogP contribution >= 0.6 is 11.3 Å². The lowest BCUT2D eigenvalue weighted by Crippen LogP contribution is -2.01. The number of nitrogens with two attached hydrogens (primary N) is 1. The number of pyridine rings is 1. The lowest BCUT2D eigenvalue weighted by atomic mass is 10.2. The Morgan fingerprint density at radius 2 is 2.46 bits per heavy atom. The SMILES string of the molecule is COc1nc2ccsc2cc1CN. The first-order chi connectivity index (χ1) is 6.35. The van der Waals surface area contributed by atoms with Gasteiger partial charge < -0.3 is 10.5 Å². The van der Waals surface area contributed by atoms with Crippen molar-refractivity contribution < 1.29 is 4.74 Å². The average molecular weight is 194 g/mol. The molecule has 2 N–H and O–H groups in total. The highest BCUT2D eigenvalue weighted by molar-refractivity contribution is 7.17. The third kappa shape index (κ3) is 1.38. The van der Waals surface area contributed by atoms with Gasteiger partial charge in [0, 0.05) is 12.1 Å². The summed E-state index contributed by atoms with van der Waals surface area (Å²) in [6.45, 7) is 0.462. The van der Waals surface area contributed by atoms with Crippen molar-refractivity contribution in [1.29, 1.82) is 0 Å². The third-order valence-electron chi connectivity index (χ3n) is 1.89. The van der Waals surface area contributed by atoms with Crippen molar-refractivity contribution in [2.24, 2.45) is 5.73 Å². The number of hydrogen-bond donors (Lipinski definition) is 1. The smallest absolute Gasteiger partial charge is 0.218 e. The number of rotatable bonds is 2. The van der Waals surface area contributed by atoms with Gasteiger partial charge in [0.25, 0.3) is 0 Å². The van der Waals surface area contributed by atoms with Gasteiger partial charge in [-0.15, -0.1) is 11.3 Å². The van der Waals surface area contributed by atoms with E-state index in [1.165, 1.54) is 0 Å². The fourth-order valence-electron chi connectivity index (χ4n) is 1.24. The molecule has 0 bridgehead atoms. The molecular formula is C9H10N2OS. The quantitative estimate of drug-likeness (QED) is 0.792. The summed E-state index contributed by atoms with van der Waals surface area (Å²) in [6, 6.07) is 4.01. The number of thiophene rings is 1. The van der Waals surface area contributed by atoms with Crippen LogP contribution in [0.5, 0.6) is 5.88 Å². The molecule has 0 aliphatic rings. The van der Waals surface area contributed by atoms with Gasteiger partial charge in [-0.3, -0.25) is 0 Å². The fraction of sp³-hybridized carbons (Fsp3) is 0.222. The zero-order chi connectivity index (χ0) is 9.26. The lowest BCUT2D eigenvalue weighted by molar-refractivity contribution is 0.394. The van der Waals surface area contributed by atoms with Gasteiger partial charge in [-0.05, 0) is 17.5 Å². The molecular weight excluding hydrogens is 184 g/mol. The number of aromatic nitrogens is 1. The minimum atomic E-state index is 0.462. The Morgan fingerprint density at radius 3 is 3.15 bits per heavy atom. The van der Waals surface area contributed by atoms with E-state index in [0.717, 1.165) is 15.8 Å². The van der Waals surface area contributed by atoms with E-state index in [1.807, 2.05) is 17.5 Å². The van der Waals surface area contributed by atoms with Gasteiger partial charge in [-0.1, -0.05) is 0 Å². The number of nitrogens with zero attached hydrogens (tertiary/aromatic N) is 1. The Hall–Kier alpha value is -1.13. The van der Waals surface area contributed by atoms with E-state index in [0.29, 0.717) is 12.4 Å². The van der Waals surface area contributed by atoms with Crippen LogP contribution in [0.25, 0.3) is 10.2 Å². The van der Waals surface area contributed by atoms with Gasteiger partial charge >= 0.3 is 0 Å². The second-order valence-corrected chi connectivity index (χ2v) is 3.61. The summed E-state index contributed by atoms with van der Waals surface area (Å²) in [5, 5.41) is 2.01. The maximum Gasteiger partial charge on any atom is 0.218 e. The minimum absolute atomic E-state index is 0.462.